The Morgan fingerprint density at radius 2 is 0.857 bits per heavy atom. The second-order valence-electron chi connectivity index (χ2n) is 16.4. The minimum absolute atomic E-state index is 0.539. The predicted octanol–water partition coefficient (Wildman–Crippen LogP) is 16.4. The van der Waals surface area contributed by atoms with Gasteiger partial charge in [-0.05, 0) is 92.0 Å². The first-order chi connectivity index (χ1) is 31.3. The Labute approximate surface area is 367 Å². The number of nitrogens with zero attached hydrogens (tertiary/aromatic N) is 1. The molecular weight excluding hydrogens is 763 g/mol. The van der Waals surface area contributed by atoms with E-state index in [0.29, 0.717) is 0 Å². The molecule has 1 heterocycles. The lowest BCUT2D eigenvalue weighted by Gasteiger charge is -2.34. The smallest absolute Gasteiger partial charge is 0.136 e. The highest BCUT2D eigenvalue weighted by molar-refractivity contribution is 6.12. The minimum atomic E-state index is -0.539. The zero-order valence-electron chi connectivity index (χ0n) is 34.5. The number of benzene rings is 10. The molecule has 0 saturated heterocycles. The third kappa shape index (κ3) is 5.87. The van der Waals surface area contributed by atoms with Crippen molar-refractivity contribution >= 4 is 39.0 Å². The molecule has 0 fully saturated rings. The van der Waals surface area contributed by atoms with Crippen molar-refractivity contribution in [2.45, 2.75) is 5.41 Å². The molecule has 2 heteroatoms. The topological polar surface area (TPSA) is 16.4 Å². The molecule has 1 aliphatic rings. The second-order valence-corrected chi connectivity index (χ2v) is 16.4. The predicted molar refractivity (Wildman–Crippen MR) is 262 cm³/mol. The van der Waals surface area contributed by atoms with Crippen LogP contribution < -0.4 is 4.90 Å². The Morgan fingerprint density at radius 3 is 1.63 bits per heavy atom. The molecule has 12 rings (SSSR count). The zero-order chi connectivity index (χ0) is 41.7. The van der Waals surface area contributed by atoms with Crippen LogP contribution in [0, 0.1) is 0 Å². The van der Waals surface area contributed by atoms with Gasteiger partial charge in [0.25, 0.3) is 0 Å². The average molecular weight is 804 g/mol. The van der Waals surface area contributed by atoms with E-state index in [-0.39, 0.29) is 0 Å². The molecule has 0 radical (unpaired) electrons. The third-order valence-electron chi connectivity index (χ3n) is 13.0. The van der Waals surface area contributed by atoms with E-state index < -0.39 is 5.41 Å². The van der Waals surface area contributed by atoms with Crippen molar-refractivity contribution < 1.29 is 4.42 Å². The normalized spacial score (nSPS) is 12.6. The minimum Gasteiger partial charge on any atom is -0.456 e. The molecule has 0 unspecified atom stereocenters. The summed E-state index contributed by atoms with van der Waals surface area (Å²) in [6.07, 6.45) is 0. The van der Waals surface area contributed by atoms with Crippen molar-refractivity contribution in [2.75, 3.05) is 4.90 Å². The van der Waals surface area contributed by atoms with E-state index in [0.717, 1.165) is 61.3 Å². The molecule has 63 heavy (non-hydrogen) atoms. The van der Waals surface area contributed by atoms with Crippen molar-refractivity contribution in [3.63, 3.8) is 0 Å². The molecule has 0 amide bonds. The van der Waals surface area contributed by atoms with Crippen molar-refractivity contribution in [3.05, 3.63) is 271 Å². The Kier molecular flexibility index (Phi) is 8.76. The van der Waals surface area contributed by atoms with Gasteiger partial charge in [0.15, 0.2) is 0 Å². The van der Waals surface area contributed by atoms with Crippen LogP contribution >= 0.6 is 0 Å². The lowest BCUT2D eigenvalue weighted by atomic mass is 9.68. The quantitative estimate of drug-likeness (QED) is 0.152. The summed E-state index contributed by atoms with van der Waals surface area (Å²) in [6.45, 7) is 0. The summed E-state index contributed by atoms with van der Waals surface area (Å²) in [5.41, 5.74) is 19.0. The molecule has 1 aromatic heterocycles. The van der Waals surface area contributed by atoms with Crippen LogP contribution in [0.15, 0.2) is 253 Å². The molecular formula is C61H41NO. The highest BCUT2D eigenvalue weighted by atomic mass is 16.3. The molecule has 0 bridgehead atoms. The highest BCUT2D eigenvalue weighted by Crippen LogP contribution is 2.60. The van der Waals surface area contributed by atoms with Gasteiger partial charge in [-0.1, -0.05) is 212 Å². The van der Waals surface area contributed by atoms with Gasteiger partial charge in [-0.2, -0.15) is 0 Å². The van der Waals surface area contributed by atoms with Crippen LogP contribution in [0.3, 0.4) is 0 Å². The summed E-state index contributed by atoms with van der Waals surface area (Å²) in [5, 5.41) is 2.24. The summed E-state index contributed by atoms with van der Waals surface area (Å²) in [6, 6.07) is 90.3. The maximum absolute atomic E-state index is 6.40. The molecule has 10 aromatic carbocycles. The van der Waals surface area contributed by atoms with Crippen LogP contribution in [-0.4, -0.2) is 0 Å². The van der Waals surface area contributed by atoms with Gasteiger partial charge in [0.1, 0.15) is 11.2 Å². The third-order valence-corrected chi connectivity index (χ3v) is 13.0. The number of furan rings is 1. The lowest BCUT2D eigenvalue weighted by Crippen LogP contribution is -2.28. The van der Waals surface area contributed by atoms with Crippen LogP contribution in [0.1, 0.15) is 22.3 Å². The standard InChI is InChI=1S/C61H41NO/c1-4-19-42(20-5-1)43-37-39-44(40-38-43)49-27-11-14-33-55(49)62(48-26-16-21-45(41-48)50-30-17-36-58-59(50)52-29-12-15-35-57(52)63-58)56-34-18-32-54-60(56)51-28-10-13-31-53(51)61(54,46-22-6-2-7-23-46)47-24-8-3-9-25-47/h1-41H. The molecule has 2 nitrogen and oxygen atoms in total. The first-order valence-electron chi connectivity index (χ1n) is 21.7. The molecule has 0 aliphatic heterocycles. The maximum atomic E-state index is 6.40. The highest BCUT2D eigenvalue weighted by Gasteiger charge is 2.47. The van der Waals surface area contributed by atoms with E-state index in [4.69, 9.17) is 4.42 Å². The van der Waals surface area contributed by atoms with Crippen LogP contribution in [0.5, 0.6) is 0 Å². The van der Waals surface area contributed by atoms with Gasteiger partial charge < -0.3 is 9.32 Å². The van der Waals surface area contributed by atoms with E-state index in [2.05, 4.69) is 248 Å². The maximum Gasteiger partial charge on any atom is 0.136 e. The lowest BCUT2D eigenvalue weighted by molar-refractivity contribution is 0.669. The summed E-state index contributed by atoms with van der Waals surface area (Å²) in [5.74, 6) is 0. The monoisotopic (exact) mass is 803 g/mol. The van der Waals surface area contributed by atoms with Crippen molar-refractivity contribution in [1.29, 1.82) is 0 Å². The van der Waals surface area contributed by atoms with E-state index >= 15 is 0 Å². The molecule has 296 valence electrons. The number of rotatable bonds is 8. The fraction of sp³-hybridized carbons (Fsp3) is 0.0164. The fourth-order valence-electron chi connectivity index (χ4n) is 10.3. The SMILES string of the molecule is c1ccc(-c2ccc(-c3ccccc3N(c3cccc(-c4cccc5oc6ccccc6c45)c3)c3cccc4c3-c3ccccc3C4(c3ccccc3)c3ccccc3)cc2)cc1. The number of anilines is 3. The van der Waals surface area contributed by atoms with Crippen molar-refractivity contribution in [2.24, 2.45) is 0 Å². The number of hydrogen-bond donors (Lipinski definition) is 0. The first-order valence-corrected chi connectivity index (χ1v) is 21.7. The van der Waals surface area contributed by atoms with Gasteiger partial charge in [0.05, 0.1) is 16.8 Å². The molecule has 0 spiro atoms. The van der Waals surface area contributed by atoms with Crippen molar-refractivity contribution in [1.82, 2.24) is 0 Å². The Bertz CT molecular complexity index is 3400. The van der Waals surface area contributed by atoms with Crippen LogP contribution in [0.25, 0.3) is 66.4 Å². The summed E-state index contributed by atoms with van der Waals surface area (Å²) in [7, 11) is 0. The molecule has 0 saturated carbocycles. The van der Waals surface area contributed by atoms with E-state index in [1.807, 2.05) is 6.07 Å². The largest absolute Gasteiger partial charge is 0.456 e. The Balaban J connectivity index is 1.13. The molecule has 11 aromatic rings. The van der Waals surface area contributed by atoms with Crippen molar-refractivity contribution in [3.8, 4) is 44.5 Å². The Hall–Kier alpha value is -8.20. The van der Waals surface area contributed by atoms with Gasteiger partial charge in [0, 0.05) is 27.6 Å². The van der Waals surface area contributed by atoms with E-state index in [1.54, 1.807) is 0 Å². The number of para-hydroxylation sites is 2. The fourth-order valence-corrected chi connectivity index (χ4v) is 10.3. The van der Waals surface area contributed by atoms with E-state index in [9.17, 15) is 0 Å². The van der Waals surface area contributed by atoms with Gasteiger partial charge in [-0.25, -0.2) is 0 Å². The van der Waals surface area contributed by atoms with Crippen LogP contribution in [0.2, 0.25) is 0 Å². The van der Waals surface area contributed by atoms with E-state index in [1.165, 1.54) is 44.5 Å². The van der Waals surface area contributed by atoms with Crippen LogP contribution in [-0.2, 0) is 5.41 Å². The zero-order valence-corrected chi connectivity index (χ0v) is 34.5. The number of fused-ring (bicyclic) bond motifs is 6. The molecule has 0 atom stereocenters. The average Bonchev–Trinajstić information content (AvgIpc) is 3.90. The molecule has 1 aliphatic carbocycles. The second kappa shape index (κ2) is 15.1. The number of hydrogen-bond acceptors (Lipinski definition) is 2. The van der Waals surface area contributed by atoms with Crippen LogP contribution in [0.4, 0.5) is 17.1 Å². The van der Waals surface area contributed by atoms with Gasteiger partial charge in [0.2, 0.25) is 0 Å². The van der Waals surface area contributed by atoms with Gasteiger partial charge >= 0.3 is 0 Å². The van der Waals surface area contributed by atoms with Gasteiger partial charge in [-0.3, -0.25) is 0 Å². The first kappa shape index (κ1) is 36.6. The Morgan fingerprint density at radius 1 is 0.333 bits per heavy atom. The van der Waals surface area contributed by atoms with Gasteiger partial charge in [-0.15, -0.1) is 0 Å². The molecule has 0 N–H and O–H groups in total. The summed E-state index contributed by atoms with van der Waals surface area (Å²) < 4.78 is 6.40. The summed E-state index contributed by atoms with van der Waals surface area (Å²) in [4.78, 5) is 2.50. The summed E-state index contributed by atoms with van der Waals surface area (Å²) >= 11 is 0.